The van der Waals surface area contributed by atoms with Gasteiger partial charge in [-0.05, 0) is 78.4 Å². The van der Waals surface area contributed by atoms with E-state index in [0.29, 0.717) is 39.0 Å². The van der Waals surface area contributed by atoms with Gasteiger partial charge in [-0.2, -0.15) is 13.2 Å². The number of anilines is 2. The quantitative estimate of drug-likeness (QED) is 0.104. The van der Waals surface area contributed by atoms with Crippen molar-refractivity contribution in [1.82, 2.24) is 5.32 Å². The van der Waals surface area contributed by atoms with Crippen molar-refractivity contribution in [2.75, 3.05) is 37.7 Å². The lowest BCUT2D eigenvalue weighted by atomic mass is 10.1. The number of thioether (sulfide) groups is 1. The number of benzene rings is 4. The van der Waals surface area contributed by atoms with Gasteiger partial charge in [0.2, 0.25) is 11.7 Å². The van der Waals surface area contributed by atoms with Crippen LogP contribution in [0.15, 0.2) is 95.5 Å². The zero-order valence-electron chi connectivity index (χ0n) is 25.7. The lowest BCUT2D eigenvalue weighted by Gasteiger charge is -2.15. The molecule has 0 heterocycles. The molecule has 0 bridgehead atoms. The molecular formula is C34H29ClF3N3O6S. The Morgan fingerprint density at radius 3 is 2.06 bits per heavy atom. The van der Waals surface area contributed by atoms with Gasteiger partial charge in [-0.3, -0.25) is 14.4 Å². The van der Waals surface area contributed by atoms with E-state index in [4.69, 9.17) is 25.8 Å². The van der Waals surface area contributed by atoms with Gasteiger partial charge in [0, 0.05) is 21.2 Å². The van der Waals surface area contributed by atoms with Crippen LogP contribution in [0.5, 0.6) is 17.2 Å². The first-order chi connectivity index (χ1) is 22.9. The second-order valence-electron chi connectivity index (χ2n) is 9.84. The molecule has 0 aliphatic carbocycles. The highest BCUT2D eigenvalue weighted by Gasteiger charge is 2.34. The maximum atomic E-state index is 13.5. The van der Waals surface area contributed by atoms with Gasteiger partial charge in [0.1, 0.15) is 5.70 Å². The summed E-state index contributed by atoms with van der Waals surface area (Å²) in [5.41, 5.74) is -0.369. The van der Waals surface area contributed by atoms with Crippen LogP contribution in [0.1, 0.15) is 21.5 Å². The molecule has 0 atom stereocenters. The Bertz CT molecular complexity index is 1790. The molecule has 4 aromatic rings. The lowest BCUT2D eigenvalue weighted by Crippen LogP contribution is -2.30. The number of hydrogen-bond acceptors (Lipinski definition) is 7. The van der Waals surface area contributed by atoms with Gasteiger partial charge in [-0.1, -0.05) is 29.8 Å². The van der Waals surface area contributed by atoms with Crippen LogP contribution >= 0.6 is 23.4 Å². The Labute approximate surface area is 283 Å². The van der Waals surface area contributed by atoms with E-state index in [-0.39, 0.29) is 16.5 Å². The van der Waals surface area contributed by atoms with Gasteiger partial charge in [-0.15, -0.1) is 11.8 Å². The smallest absolute Gasteiger partial charge is 0.418 e. The third-order valence-corrected chi connectivity index (χ3v) is 7.82. The summed E-state index contributed by atoms with van der Waals surface area (Å²) in [5, 5.41) is 7.56. The lowest BCUT2D eigenvalue weighted by molar-refractivity contribution is -0.137. The van der Waals surface area contributed by atoms with Crippen molar-refractivity contribution in [2.45, 2.75) is 11.1 Å². The van der Waals surface area contributed by atoms with Crippen LogP contribution in [0, 0.1) is 0 Å². The number of rotatable bonds is 12. The van der Waals surface area contributed by atoms with Crippen molar-refractivity contribution in [1.29, 1.82) is 0 Å². The summed E-state index contributed by atoms with van der Waals surface area (Å²) in [7, 11) is 4.36. The highest BCUT2D eigenvalue weighted by Crippen LogP contribution is 2.39. The van der Waals surface area contributed by atoms with E-state index < -0.39 is 35.1 Å². The topological polar surface area (TPSA) is 115 Å². The molecule has 0 fully saturated rings. The van der Waals surface area contributed by atoms with Gasteiger partial charge in [-0.25, -0.2) is 0 Å². The second-order valence-corrected chi connectivity index (χ2v) is 11.3. The molecule has 0 spiro atoms. The van der Waals surface area contributed by atoms with E-state index >= 15 is 0 Å². The number of alkyl halides is 3. The highest BCUT2D eigenvalue weighted by molar-refractivity contribution is 8.00. The van der Waals surface area contributed by atoms with Crippen molar-refractivity contribution in [2.24, 2.45) is 0 Å². The van der Waals surface area contributed by atoms with E-state index in [1.807, 2.05) is 0 Å². The van der Waals surface area contributed by atoms with Gasteiger partial charge in [0.15, 0.2) is 11.5 Å². The Morgan fingerprint density at radius 2 is 1.48 bits per heavy atom. The molecule has 48 heavy (non-hydrogen) atoms. The molecule has 9 nitrogen and oxygen atoms in total. The predicted octanol–water partition coefficient (Wildman–Crippen LogP) is 7.53. The number of hydrogen-bond donors (Lipinski definition) is 3. The molecule has 0 aliphatic rings. The molecule has 0 aromatic heterocycles. The fourth-order valence-electron chi connectivity index (χ4n) is 4.32. The summed E-state index contributed by atoms with van der Waals surface area (Å²) >= 11 is 6.78. The molecule has 3 N–H and O–H groups in total. The molecule has 0 saturated heterocycles. The predicted molar refractivity (Wildman–Crippen MR) is 179 cm³/mol. The van der Waals surface area contributed by atoms with E-state index in [9.17, 15) is 27.6 Å². The monoisotopic (exact) mass is 699 g/mol. The number of amides is 3. The van der Waals surface area contributed by atoms with E-state index in [0.717, 1.165) is 23.9 Å². The average molecular weight is 700 g/mol. The fourth-order valence-corrected chi connectivity index (χ4v) is 5.19. The number of carbonyl (C=O) groups is 3. The molecule has 0 unspecified atom stereocenters. The van der Waals surface area contributed by atoms with Crippen LogP contribution in [0.4, 0.5) is 24.5 Å². The molecular weight excluding hydrogens is 671 g/mol. The summed E-state index contributed by atoms with van der Waals surface area (Å²) in [6.45, 7) is 0. The Morgan fingerprint density at radius 1 is 0.833 bits per heavy atom. The van der Waals surface area contributed by atoms with Crippen LogP contribution < -0.4 is 30.2 Å². The van der Waals surface area contributed by atoms with Crippen LogP contribution in [-0.4, -0.2) is 44.8 Å². The summed E-state index contributed by atoms with van der Waals surface area (Å²) in [4.78, 5) is 39.6. The third kappa shape index (κ3) is 9.46. The largest absolute Gasteiger partial charge is 0.493 e. The van der Waals surface area contributed by atoms with E-state index in [1.54, 1.807) is 66.7 Å². The third-order valence-electron chi connectivity index (χ3n) is 6.57. The first-order valence-electron chi connectivity index (χ1n) is 14.0. The molecule has 4 aromatic carbocycles. The van der Waals surface area contributed by atoms with Gasteiger partial charge in [0.25, 0.3) is 11.8 Å². The molecule has 3 amide bonds. The van der Waals surface area contributed by atoms with Crippen LogP contribution in [0.2, 0.25) is 5.02 Å². The average Bonchev–Trinajstić information content (AvgIpc) is 3.07. The molecule has 0 aliphatic heterocycles. The number of nitrogens with one attached hydrogen (secondary N) is 3. The first-order valence-corrected chi connectivity index (χ1v) is 15.4. The number of methoxy groups -OCH3 is 3. The van der Waals surface area contributed by atoms with E-state index in [2.05, 4.69) is 16.0 Å². The first kappa shape index (κ1) is 35.7. The second kappa shape index (κ2) is 16.1. The van der Waals surface area contributed by atoms with Crippen molar-refractivity contribution >= 4 is 58.5 Å². The Hall–Kier alpha value is -5.14. The minimum atomic E-state index is -4.70. The van der Waals surface area contributed by atoms with Gasteiger partial charge < -0.3 is 30.2 Å². The van der Waals surface area contributed by atoms with Crippen molar-refractivity contribution in [3.8, 4) is 17.2 Å². The number of carbonyl (C=O) groups excluding carboxylic acids is 3. The molecule has 0 saturated carbocycles. The zero-order valence-corrected chi connectivity index (χ0v) is 27.3. The van der Waals surface area contributed by atoms with Gasteiger partial charge >= 0.3 is 6.18 Å². The number of ether oxygens (including phenoxy) is 3. The minimum absolute atomic E-state index is 0.0892. The molecule has 0 radical (unpaired) electrons. The summed E-state index contributed by atoms with van der Waals surface area (Å²) in [6.07, 6.45) is -3.25. The Balaban J connectivity index is 1.49. The zero-order chi connectivity index (χ0) is 34.8. The van der Waals surface area contributed by atoms with Gasteiger partial charge in [0.05, 0.1) is 38.3 Å². The Kier molecular flexibility index (Phi) is 12.0. The summed E-state index contributed by atoms with van der Waals surface area (Å²) in [6, 6.07) is 21.1. The maximum Gasteiger partial charge on any atom is 0.418 e. The number of halogens is 4. The van der Waals surface area contributed by atoms with Crippen LogP contribution in [-0.2, 0) is 15.8 Å². The normalized spacial score (nSPS) is 11.4. The molecule has 250 valence electrons. The minimum Gasteiger partial charge on any atom is -0.493 e. The van der Waals surface area contributed by atoms with Crippen molar-refractivity contribution in [3.63, 3.8) is 0 Å². The SMILES string of the molecule is COc1cc(/C=C(\NC(=O)c2ccccc2)C(=O)Nc2ccc(SCC(=O)Nc3ccc(Cl)cc3C(F)(F)F)cc2)cc(OC)c1OC. The molecule has 4 rings (SSSR count). The fraction of sp³-hybridized carbons (Fsp3) is 0.147. The standard InChI is InChI=1S/C34H29ClF3N3O6S/c1-45-28-16-20(17-29(46-2)31(28)47-3)15-27(41-32(43)21-7-5-4-6-8-21)33(44)39-23-10-12-24(13-11-23)48-19-30(42)40-26-14-9-22(35)18-25(26)34(36,37)38/h4-18H,19H2,1-3H3,(H,39,44)(H,40,42)(H,41,43)/b27-15-. The molecule has 14 heteroatoms. The van der Waals surface area contributed by atoms with Crippen LogP contribution in [0.3, 0.4) is 0 Å². The van der Waals surface area contributed by atoms with Crippen LogP contribution in [0.25, 0.3) is 6.08 Å². The van der Waals surface area contributed by atoms with Crippen molar-refractivity contribution < 1.29 is 41.8 Å². The highest BCUT2D eigenvalue weighted by atomic mass is 35.5. The summed E-state index contributed by atoms with van der Waals surface area (Å²) in [5.74, 6) is -0.963. The van der Waals surface area contributed by atoms with E-state index in [1.165, 1.54) is 33.5 Å². The maximum absolute atomic E-state index is 13.5. The van der Waals surface area contributed by atoms with Crippen molar-refractivity contribution in [3.05, 3.63) is 112 Å². The summed E-state index contributed by atoms with van der Waals surface area (Å²) < 4.78 is 56.3.